The molecule has 0 aliphatic rings. The second-order valence-electron chi connectivity index (χ2n) is 0. The van der Waals surface area contributed by atoms with Gasteiger partial charge >= 0.3 is 0 Å². The van der Waals surface area contributed by atoms with Gasteiger partial charge in [-0.2, -0.15) is 0 Å². The Bertz CT molecular complexity index is 0. The summed E-state index contributed by atoms with van der Waals surface area (Å²) in [5.74, 6) is 0. The molecule has 0 atom stereocenters. The van der Waals surface area contributed by atoms with E-state index in [0.29, 0.717) is 0 Å². The maximum Gasteiger partial charge on any atom is 0 e. The molecular formula is Y42. The molecule has 0 nitrogen and oxygen atoms in total. The predicted octanol–water partition coefficient (Wildman–Crippen LogP) is -0.105. The minimum atomic E-state index is 0. The van der Waals surface area contributed by atoms with Gasteiger partial charge in [0.05, 0.1) is 0 Å². The zero-order valence-corrected chi connectivity index (χ0v) is 143. The number of rotatable bonds is 0. The normalized spacial score (nSPS) is 0. The summed E-state index contributed by atoms with van der Waals surface area (Å²) in [6.45, 7) is 0. The molecule has 0 fully saturated rings. The summed E-state index contributed by atoms with van der Waals surface area (Å²) >= 11 is 0. The molecule has 0 aliphatic heterocycles. The molecule has 0 N–H and O–H groups in total. The summed E-state index contributed by atoms with van der Waals surface area (Å²) in [7, 11) is 0. The van der Waals surface area contributed by atoms with E-state index < -0.39 is 0 Å². The fourth-order valence-corrected chi connectivity index (χ4v) is 0. The molecule has 0 heterocycles. The average Bonchev–Trinajstić information content (AvgIpc) is 0. The van der Waals surface area contributed by atoms with Crippen LogP contribution < -0.4 is 0 Å². The molecule has 0 bridgehead atoms. The van der Waals surface area contributed by atoms with Gasteiger partial charge in [-0.15, -0.1) is 0 Å². The van der Waals surface area contributed by atoms with Crippen molar-refractivity contribution in [1.82, 2.24) is 0 Å². The van der Waals surface area contributed by atoms with Gasteiger partial charge in [-0.25, -0.2) is 0 Å². The van der Waals surface area contributed by atoms with Crippen LogP contribution in [0.1, 0.15) is 0 Å². The zero-order valence-electron chi connectivity index (χ0n) is 24.2. The largest absolute Gasteiger partial charge is 0 e. The van der Waals surface area contributed by atoms with E-state index in [2.05, 4.69) is 0 Å². The Labute approximate surface area is 1320 Å². The SMILES string of the molecule is [Y].[Y].[Y].[Y].[Y].[Y].[Y].[Y].[Y].[Y].[Y].[Y].[Y].[Y].[Y].[Y].[Y].[Y].[Y].[Y].[Y].[Y].[Y].[Y].[Y].[Y].[Y].[Y].[Y].[Y].[Y].[Y].[Y].[Y].[Y].[Y].[Y].[Y].[Y].[Y].[Y].[Y]. The minimum Gasteiger partial charge on any atom is 0 e. The molecule has 42 heavy (non-hydrogen) atoms. The molecule has 42 radical (unpaired) electrons. The predicted molar refractivity (Wildman–Crippen MR) is 0 cm³/mol. The maximum atomic E-state index is 0. The number of hydrogen-bond donors (Lipinski definition) is 0. The summed E-state index contributed by atoms with van der Waals surface area (Å²) in [4.78, 5) is 0. The van der Waals surface area contributed by atoms with Crippen molar-refractivity contribution in [2.45, 2.75) is 0 Å². The maximum absolute atomic E-state index is 0. The first-order valence-electron chi connectivity index (χ1n) is 0. The Morgan fingerprint density at radius 3 is 0.0238 bits per heavy atom. The molecule has 0 aromatic rings. The molecule has 0 saturated heterocycles. The summed E-state index contributed by atoms with van der Waals surface area (Å²) in [6, 6.07) is 0. The van der Waals surface area contributed by atoms with Crippen LogP contribution in [0.5, 0.6) is 0 Å². The van der Waals surface area contributed by atoms with Crippen molar-refractivity contribution in [3.05, 3.63) is 0 Å². The van der Waals surface area contributed by atoms with Crippen molar-refractivity contribution >= 4 is 0 Å². The second-order valence-corrected chi connectivity index (χ2v) is 0. The van der Waals surface area contributed by atoms with E-state index in [1.807, 2.05) is 0 Å². The summed E-state index contributed by atoms with van der Waals surface area (Å²) in [5, 5.41) is 0. The Kier molecular flexibility index (Phi) is 2260. The quantitative estimate of drug-likeness (QED) is 0.319. The molecule has 0 amide bonds. The van der Waals surface area contributed by atoms with Gasteiger partial charge in [0.1, 0.15) is 0 Å². The van der Waals surface area contributed by atoms with E-state index in [-0.39, 0.29) is 1370 Å². The third kappa shape index (κ3) is 293. The topological polar surface area (TPSA) is 0 Å². The monoisotopic (exact) mass is 3730 g/mol. The molecule has 0 aromatic carbocycles. The Hall–Kier alpha value is 46.4. The van der Waals surface area contributed by atoms with E-state index in [0.717, 1.165) is 0 Å². The zero-order chi connectivity index (χ0) is 0. The standard InChI is InChI=1S/42Y. The molecule has 126 valence electrons. The molecular weight excluding hydrogens is 3730 g/mol. The second kappa shape index (κ2) is 303. The van der Waals surface area contributed by atoms with Gasteiger partial charge in [-0.3, -0.25) is 0 Å². The van der Waals surface area contributed by atoms with Crippen molar-refractivity contribution in [2.24, 2.45) is 0 Å². The fraction of sp³-hybridized carbons (Fsp3) is 0. The van der Waals surface area contributed by atoms with Crippen LogP contribution in [0.4, 0.5) is 0 Å². The Morgan fingerprint density at radius 2 is 0.0238 bits per heavy atom. The first-order valence-corrected chi connectivity index (χ1v) is 0. The van der Waals surface area contributed by atoms with Gasteiger partial charge in [-0.1, -0.05) is 0 Å². The van der Waals surface area contributed by atoms with Crippen LogP contribution in [0, 0.1) is 0 Å². The van der Waals surface area contributed by atoms with Gasteiger partial charge in [0.2, 0.25) is 0 Å². The van der Waals surface area contributed by atoms with Crippen LogP contribution >= 0.6 is 0 Å². The van der Waals surface area contributed by atoms with Crippen LogP contribution in [-0.4, -0.2) is 0 Å². The van der Waals surface area contributed by atoms with Crippen molar-refractivity contribution in [1.29, 1.82) is 0 Å². The molecule has 0 saturated carbocycles. The molecule has 0 unspecified atom stereocenters. The van der Waals surface area contributed by atoms with E-state index in [4.69, 9.17) is 0 Å². The summed E-state index contributed by atoms with van der Waals surface area (Å²) in [6.07, 6.45) is 0. The van der Waals surface area contributed by atoms with Crippen LogP contribution in [0.2, 0.25) is 0 Å². The Balaban J connectivity index is 0. The van der Waals surface area contributed by atoms with Crippen LogP contribution in [-0.2, 0) is 1370 Å². The van der Waals surface area contributed by atoms with Gasteiger partial charge < -0.3 is 0 Å². The third-order valence-corrected chi connectivity index (χ3v) is 0. The summed E-state index contributed by atoms with van der Waals surface area (Å²) < 4.78 is 0. The Morgan fingerprint density at radius 1 is 0.0238 bits per heavy atom. The van der Waals surface area contributed by atoms with E-state index in [1.54, 1.807) is 0 Å². The average molecular weight is 3730 g/mol. The van der Waals surface area contributed by atoms with Crippen molar-refractivity contribution in [3.63, 3.8) is 0 Å². The van der Waals surface area contributed by atoms with Crippen LogP contribution in [0.25, 0.3) is 0 Å². The fourth-order valence-electron chi connectivity index (χ4n) is 0. The molecule has 42 heteroatoms. The smallest absolute Gasteiger partial charge is 0 e. The van der Waals surface area contributed by atoms with Gasteiger partial charge in [0.25, 0.3) is 0 Å². The number of hydrogen-bond acceptors (Lipinski definition) is 0. The van der Waals surface area contributed by atoms with Crippen LogP contribution in [0.3, 0.4) is 0 Å². The first-order chi connectivity index (χ1) is 0. The van der Waals surface area contributed by atoms with Gasteiger partial charge in [-0.05, 0) is 0 Å². The minimum absolute atomic E-state index is 0. The van der Waals surface area contributed by atoms with Crippen molar-refractivity contribution < 1.29 is 1370 Å². The first kappa shape index (κ1) is 314. The van der Waals surface area contributed by atoms with E-state index >= 15 is 0 Å². The van der Waals surface area contributed by atoms with Crippen molar-refractivity contribution in [3.8, 4) is 0 Å². The third-order valence-electron chi connectivity index (χ3n) is 0. The molecule has 0 rings (SSSR count). The molecule has 0 aromatic heterocycles. The van der Waals surface area contributed by atoms with E-state index in [9.17, 15) is 0 Å². The van der Waals surface area contributed by atoms with Gasteiger partial charge in [0, 0.05) is 1370 Å². The van der Waals surface area contributed by atoms with Crippen LogP contribution in [0.15, 0.2) is 0 Å². The molecule has 0 aliphatic carbocycles. The van der Waals surface area contributed by atoms with Crippen molar-refractivity contribution in [2.75, 3.05) is 0 Å². The van der Waals surface area contributed by atoms with E-state index in [1.165, 1.54) is 0 Å². The summed E-state index contributed by atoms with van der Waals surface area (Å²) in [5.41, 5.74) is 0. The molecule has 0 spiro atoms. The van der Waals surface area contributed by atoms with Gasteiger partial charge in [0.15, 0.2) is 0 Å².